The van der Waals surface area contributed by atoms with Crippen molar-refractivity contribution in [3.05, 3.63) is 23.7 Å². The van der Waals surface area contributed by atoms with Crippen molar-refractivity contribution >= 4 is 7.85 Å². The Labute approximate surface area is 108 Å². The van der Waals surface area contributed by atoms with Crippen LogP contribution in [0.25, 0.3) is 0 Å². The summed E-state index contributed by atoms with van der Waals surface area (Å²) >= 11 is 0. The summed E-state index contributed by atoms with van der Waals surface area (Å²) in [5.74, 6) is 0.507. The van der Waals surface area contributed by atoms with Crippen LogP contribution >= 0.6 is 0 Å². The minimum Gasteiger partial charge on any atom is -0.390 e. The van der Waals surface area contributed by atoms with Gasteiger partial charge in [0.05, 0.1) is 5.60 Å². The van der Waals surface area contributed by atoms with E-state index in [-0.39, 0.29) is 5.41 Å². The van der Waals surface area contributed by atoms with Crippen molar-refractivity contribution in [2.45, 2.75) is 60.0 Å². The fraction of sp³-hybridized carbons (Fsp3) is 0.733. The Morgan fingerprint density at radius 3 is 1.82 bits per heavy atom. The molecule has 0 aromatic heterocycles. The van der Waals surface area contributed by atoms with E-state index in [1.807, 2.05) is 26.0 Å². The molecule has 96 valence electrons. The number of rotatable bonds is 2. The first-order valence-corrected chi connectivity index (χ1v) is 6.43. The molecule has 0 saturated heterocycles. The van der Waals surface area contributed by atoms with E-state index < -0.39 is 5.60 Å². The van der Waals surface area contributed by atoms with Crippen LogP contribution in [-0.4, -0.2) is 18.6 Å². The van der Waals surface area contributed by atoms with Gasteiger partial charge in [0.25, 0.3) is 0 Å². The number of hydrogen-bond donors (Lipinski definition) is 1. The lowest BCUT2D eigenvalue weighted by atomic mass is 9.69. The Bertz CT molecular complexity index is 280. The monoisotopic (exact) mass is 234 g/mol. The molecular weight excluding hydrogens is 207 g/mol. The Hall–Kier alpha value is -0.495. The molecule has 1 aliphatic carbocycles. The normalized spacial score (nSPS) is 16.4. The molecule has 1 rings (SSSR count). The van der Waals surface area contributed by atoms with Gasteiger partial charge in [-0.1, -0.05) is 45.9 Å². The van der Waals surface area contributed by atoms with E-state index >= 15 is 0 Å². The van der Waals surface area contributed by atoms with E-state index in [9.17, 15) is 5.11 Å². The molecule has 0 saturated carbocycles. The topological polar surface area (TPSA) is 20.2 Å². The third-order valence-corrected chi connectivity index (χ3v) is 4.04. The second-order valence-corrected chi connectivity index (χ2v) is 6.12. The summed E-state index contributed by atoms with van der Waals surface area (Å²) in [6.07, 6.45) is 8.35. The zero-order valence-corrected chi connectivity index (χ0v) is 12.2. The van der Waals surface area contributed by atoms with Crippen molar-refractivity contribution in [2.24, 2.45) is 11.3 Å². The van der Waals surface area contributed by atoms with Crippen molar-refractivity contribution in [2.75, 3.05) is 0 Å². The maximum atomic E-state index is 9.72. The summed E-state index contributed by atoms with van der Waals surface area (Å²) in [7, 11) is 5.41. The molecule has 0 unspecified atom stereocenters. The molecule has 0 bridgehead atoms. The van der Waals surface area contributed by atoms with Crippen LogP contribution < -0.4 is 0 Å². The number of hydrogen-bond acceptors (Lipinski definition) is 1. The quantitative estimate of drug-likeness (QED) is 0.720. The molecule has 1 nitrogen and oxygen atoms in total. The van der Waals surface area contributed by atoms with Gasteiger partial charge in [-0.2, -0.15) is 0 Å². The number of aliphatic hydroxyl groups is 1. The summed E-state index contributed by atoms with van der Waals surface area (Å²) < 4.78 is 0. The largest absolute Gasteiger partial charge is 0.390 e. The molecule has 1 aliphatic rings. The van der Waals surface area contributed by atoms with Gasteiger partial charge < -0.3 is 5.11 Å². The summed E-state index contributed by atoms with van der Waals surface area (Å²) in [5.41, 5.74) is 0.319. The smallest absolute Gasteiger partial charge is 0.113 e. The van der Waals surface area contributed by atoms with Crippen LogP contribution in [0.4, 0.5) is 0 Å². The first-order chi connectivity index (χ1) is 7.59. The zero-order chi connectivity index (χ0) is 13.7. The summed E-state index contributed by atoms with van der Waals surface area (Å²) in [6.45, 7) is 12.2. The van der Waals surface area contributed by atoms with Gasteiger partial charge in [-0.05, 0) is 38.0 Å². The Morgan fingerprint density at radius 1 is 1.18 bits per heavy atom. The summed E-state index contributed by atoms with van der Waals surface area (Å²) in [6, 6.07) is 0. The van der Waals surface area contributed by atoms with E-state index in [1.165, 1.54) is 0 Å². The van der Waals surface area contributed by atoms with Gasteiger partial charge in [-0.3, -0.25) is 0 Å². The highest BCUT2D eigenvalue weighted by atomic mass is 16.3. The van der Waals surface area contributed by atoms with Crippen LogP contribution in [0.5, 0.6) is 0 Å². The van der Waals surface area contributed by atoms with Crippen LogP contribution in [0, 0.1) is 11.3 Å². The SMILES string of the molecule is CC(C)C(C)(C)C(C)(C)O.[B]C1=CCCC=C1. The maximum absolute atomic E-state index is 9.72. The van der Waals surface area contributed by atoms with Crippen LogP contribution in [0.3, 0.4) is 0 Å². The van der Waals surface area contributed by atoms with Gasteiger partial charge in [0.2, 0.25) is 0 Å². The Kier molecular flexibility index (Phi) is 6.25. The van der Waals surface area contributed by atoms with Gasteiger partial charge in [-0.25, -0.2) is 0 Å². The lowest BCUT2D eigenvalue weighted by Gasteiger charge is -2.40. The van der Waals surface area contributed by atoms with Gasteiger partial charge in [0.1, 0.15) is 7.85 Å². The van der Waals surface area contributed by atoms with E-state index in [1.54, 1.807) is 0 Å². The van der Waals surface area contributed by atoms with E-state index in [4.69, 9.17) is 7.85 Å². The fourth-order valence-corrected chi connectivity index (χ4v) is 1.34. The highest BCUT2D eigenvalue weighted by Gasteiger charge is 2.37. The molecule has 0 aromatic carbocycles. The third-order valence-electron chi connectivity index (χ3n) is 4.04. The minimum absolute atomic E-state index is 0.00694. The Balaban J connectivity index is 0.000000318. The van der Waals surface area contributed by atoms with Crippen LogP contribution in [-0.2, 0) is 0 Å². The molecule has 17 heavy (non-hydrogen) atoms. The molecule has 0 aromatic rings. The third kappa shape index (κ3) is 5.58. The van der Waals surface area contributed by atoms with Crippen molar-refractivity contribution in [3.63, 3.8) is 0 Å². The summed E-state index contributed by atoms with van der Waals surface area (Å²) in [5, 5.41) is 9.72. The van der Waals surface area contributed by atoms with Gasteiger partial charge >= 0.3 is 0 Å². The lowest BCUT2D eigenvalue weighted by Crippen LogP contribution is -2.42. The molecule has 0 amide bonds. The van der Waals surface area contributed by atoms with Crippen LogP contribution in [0.2, 0.25) is 0 Å². The second-order valence-electron chi connectivity index (χ2n) is 6.12. The van der Waals surface area contributed by atoms with Crippen molar-refractivity contribution in [1.29, 1.82) is 0 Å². The van der Waals surface area contributed by atoms with E-state index in [2.05, 4.69) is 33.8 Å². The Morgan fingerprint density at radius 2 is 1.71 bits per heavy atom. The van der Waals surface area contributed by atoms with E-state index in [0.29, 0.717) is 5.92 Å². The molecule has 0 atom stereocenters. The fourth-order valence-electron chi connectivity index (χ4n) is 1.34. The van der Waals surface area contributed by atoms with E-state index in [0.717, 1.165) is 18.3 Å². The molecular formula is C15H27BO. The average molecular weight is 234 g/mol. The molecule has 2 heteroatoms. The maximum Gasteiger partial charge on any atom is 0.113 e. The van der Waals surface area contributed by atoms with Crippen LogP contribution in [0.1, 0.15) is 54.4 Å². The predicted molar refractivity (Wildman–Crippen MR) is 77.1 cm³/mol. The van der Waals surface area contributed by atoms with Crippen LogP contribution in [0.15, 0.2) is 23.7 Å². The minimum atomic E-state index is -0.582. The lowest BCUT2D eigenvalue weighted by molar-refractivity contribution is -0.0604. The molecule has 2 radical (unpaired) electrons. The second kappa shape index (κ2) is 6.44. The van der Waals surface area contributed by atoms with Gasteiger partial charge in [0.15, 0.2) is 0 Å². The standard InChI is InChI=1S/C9H20O.C6H7B/c1-7(2)8(3,4)9(5,6)10;7-6-4-2-1-3-5-6/h7,10H,1-6H3;2,4-5H,1,3H2. The molecule has 0 heterocycles. The molecule has 0 spiro atoms. The molecule has 0 fully saturated rings. The van der Waals surface area contributed by atoms with Crippen molar-refractivity contribution < 1.29 is 5.11 Å². The first-order valence-electron chi connectivity index (χ1n) is 6.43. The highest BCUT2D eigenvalue weighted by Crippen LogP contribution is 2.37. The van der Waals surface area contributed by atoms with Gasteiger partial charge in [-0.15, -0.1) is 5.47 Å². The average Bonchev–Trinajstić information content (AvgIpc) is 2.17. The highest BCUT2D eigenvalue weighted by molar-refractivity contribution is 6.23. The van der Waals surface area contributed by atoms with Crippen molar-refractivity contribution in [3.8, 4) is 0 Å². The predicted octanol–water partition coefficient (Wildman–Crippen LogP) is 3.83. The molecule has 0 aliphatic heterocycles. The molecule has 1 N–H and O–H groups in total. The number of allylic oxidation sites excluding steroid dienone is 4. The first kappa shape index (κ1) is 16.5. The summed E-state index contributed by atoms with van der Waals surface area (Å²) in [4.78, 5) is 0. The van der Waals surface area contributed by atoms with Crippen molar-refractivity contribution in [1.82, 2.24) is 0 Å². The van der Waals surface area contributed by atoms with Gasteiger partial charge in [0, 0.05) is 0 Å². The zero-order valence-electron chi connectivity index (χ0n) is 12.2.